The van der Waals surface area contributed by atoms with Gasteiger partial charge in [0.05, 0.1) is 25.4 Å². The number of para-hydroxylation sites is 1. The molecule has 2 heterocycles. The van der Waals surface area contributed by atoms with Crippen molar-refractivity contribution in [1.29, 1.82) is 0 Å². The minimum Gasteiger partial charge on any atom is -0.491 e. The molecule has 2 aromatic rings. The highest BCUT2D eigenvalue weighted by Gasteiger charge is 2.22. The van der Waals surface area contributed by atoms with Gasteiger partial charge in [-0.15, -0.1) is 0 Å². The molecule has 0 fully saturated rings. The molecule has 1 aliphatic rings. The van der Waals surface area contributed by atoms with Gasteiger partial charge in [-0.3, -0.25) is 4.68 Å². The Morgan fingerprint density at radius 2 is 2.32 bits per heavy atom. The fourth-order valence-corrected chi connectivity index (χ4v) is 2.30. The number of aromatic nitrogens is 2. The molecule has 100 valence electrons. The van der Waals surface area contributed by atoms with Crippen LogP contribution in [0.4, 0.5) is 0 Å². The highest BCUT2D eigenvalue weighted by Crippen LogP contribution is 2.31. The molecule has 2 N–H and O–H groups in total. The van der Waals surface area contributed by atoms with Crippen LogP contribution in [0.15, 0.2) is 36.7 Å². The molecule has 0 radical (unpaired) electrons. The Hall–Kier alpha value is -1.85. The first-order chi connectivity index (χ1) is 9.36. The molecule has 0 saturated heterocycles. The normalized spacial score (nSPS) is 17.2. The first-order valence-electron chi connectivity index (χ1n) is 6.44. The maximum absolute atomic E-state index is 8.85. The predicted octanol–water partition coefficient (Wildman–Crippen LogP) is 1.10. The van der Waals surface area contributed by atoms with E-state index >= 15 is 0 Å². The van der Waals surface area contributed by atoms with Gasteiger partial charge in [-0.05, 0) is 6.07 Å². The van der Waals surface area contributed by atoms with Crippen molar-refractivity contribution in [1.82, 2.24) is 15.1 Å². The number of nitrogens with one attached hydrogen (secondary N) is 1. The summed E-state index contributed by atoms with van der Waals surface area (Å²) >= 11 is 0. The van der Waals surface area contributed by atoms with E-state index in [2.05, 4.69) is 16.5 Å². The number of benzene rings is 1. The second-order valence-electron chi connectivity index (χ2n) is 4.62. The summed E-state index contributed by atoms with van der Waals surface area (Å²) < 4.78 is 7.37. The molecule has 0 bridgehead atoms. The van der Waals surface area contributed by atoms with Crippen molar-refractivity contribution >= 4 is 0 Å². The maximum atomic E-state index is 8.85. The van der Waals surface area contributed by atoms with Gasteiger partial charge in [0.25, 0.3) is 0 Å². The summed E-state index contributed by atoms with van der Waals surface area (Å²) in [6, 6.07) is 8.34. The minimum atomic E-state index is 0.110. The Morgan fingerprint density at radius 1 is 1.42 bits per heavy atom. The Labute approximate surface area is 111 Å². The second-order valence-corrected chi connectivity index (χ2v) is 4.62. The van der Waals surface area contributed by atoms with E-state index in [0.29, 0.717) is 13.2 Å². The van der Waals surface area contributed by atoms with E-state index in [1.54, 1.807) is 4.68 Å². The van der Waals surface area contributed by atoms with Gasteiger partial charge in [0.2, 0.25) is 0 Å². The molecule has 1 aromatic carbocycles. The van der Waals surface area contributed by atoms with Gasteiger partial charge >= 0.3 is 0 Å². The number of nitrogens with zero attached hydrogens (tertiary/aromatic N) is 2. The van der Waals surface area contributed by atoms with Crippen molar-refractivity contribution in [3.63, 3.8) is 0 Å². The molecular formula is C14H17N3O2. The average molecular weight is 259 g/mol. The summed E-state index contributed by atoms with van der Waals surface area (Å²) in [6.07, 6.45) is 3.77. The van der Waals surface area contributed by atoms with Gasteiger partial charge < -0.3 is 15.2 Å². The van der Waals surface area contributed by atoms with Gasteiger partial charge in [-0.2, -0.15) is 5.10 Å². The third-order valence-corrected chi connectivity index (χ3v) is 3.27. The largest absolute Gasteiger partial charge is 0.491 e. The lowest BCUT2D eigenvalue weighted by molar-refractivity contribution is 0.269. The molecular weight excluding hydrogens is 242 g/mol. The third kappa shape index (κ3) is 2.62. The van der Waals surface area contributed by atoms with Gasteiger partial charge in [0.15, 0.2) is 0 Å². The lowest BCUT2D eigenvalue weighted by Gasteiger charge is -2.10. The summed E-state index contributed by atoms with van der Waals surface area (Å²) in [6.45, 7) is 2.06. The van der Waals surface area contributed by atoms with Crippen molar-refractivity contribution in [2.45, 2.75) is 19.1 Å². The standard InChI is InChI=1S/C14H17N3O2/c18-6-5-17-9-11(8-16-17)7-15-13-10-19-14-4-2-1-3-12(13)14/h1-4,8-9,13,15,18H,5-7,10H2. The zero-order valence-corrected chi connectivity index (χ0v) is 10.6. The van der Waals surface area contributed by atoms with E-state index in [-0.39, 0.29) is 12.6 Å². The van der Waals surface area contributed by atoms with Crippen LogP contribution in [-0.2, 0) is 13.1 Å². The van der Waals surface area contributed by atoms with Crippen LogP contribution in [0.3, 0.4) is 0 Å². The predicted molar refractivity (Wildman–Crippen MR) is 70.8 cm³/mol. The van der Waals surface area contributed by atoms with Crippen LogP contribution < -0.4 is 10.1 Å². The summed E-state index contributed by atoms with van der Waals surface area (Å²) in [5, 5.41) is 16.5. The molecule has 0 saturated carbocycles. The lowest BCUT2D eigenvalue weighted by atomic mass is 10.1. The fourth-order valence-electron chi connectivity index (χ4n) is 2.30. The molecule has 0 aliphatic carbocycles. The molecule has 1 aromatic heterocycles. The zero-order valence-electron chi connectivity index (χ0n) is 10.6. The molecule has 5 nitrogen and oxygen atoms in total. The van der Waals surface area contributed by atoms with Crippen molar-refractivity contribution in [2.24, 2.45) is 0 Å². The van der Waals surface area contributed by atoms with E-state index < -0.39 is 0 Å². The number of aliphatic hydroxyl groups is 1. The molecule has 0 spiro atoms. The van der Waals surface area contributed by atoms with Crippen LogP contribution in [0.5, 0.6) is 5.75 Å². The van der Waals surface area contributed by atoms with Crippen molar-refractivity contribution < 1.29 is 9.84 Å². The van der Waals surface area contributed by atoms with Gasteiger partial charge in [-0.25, -0.2) is 0 Å². The van der Waals surface area contributed by atoms with E-state index in [1.165, 1.54) is 5.56 Å². The van der Waals surface area contributed by atoms with E-state index in [9.17, 15) is 0 Å². The Bertz CT molecular complexity index is 553. The molecule has 0 amide bonds. The summed E-state index contributed by atoms with van der Waals surface area (Å²) in [4.78, 5) is 0. The van der Waals surface area contributed by atoms with Crippen molar-refractivity contribution in [3.05, 3.63) is 47.8 Å². The molecule has 1 aliphatic heterocycles. The first kappa shape index (κ1) is 12.2. The maximum Gasteiger partial charge on any atom is 0.124 e. The number of fused-ring (bicyclic) bond motifs is 1. The summed E-state index contributed by atoms with van der Waals surface area (Å²) in [7, 11) is 0. The van der Waals surface area contributed by atoms with Gasteiger partial charge in [0.1, 0.15) is 12.4 Å². The molecule has 5 heteroatoms. The molecule has 1 unspecified atom stereocenters. The van der Waals surface area contributed by atoms with Gasteiger partial charge in [0, 0.05) is 23.9 Å². The van der Waals surface area contributed by atoms with Crippen LogP contribution in [0, 0.1) is 0 Å². The van der Waals surface area contributed by atoms with Crippen LogP contribution in [0.1, 0.15) is 17.2 Å². The summed E-state index contributed by atoms with van der Waals surface area (Å²) in [5.74, 6) is 0.968. The highest BCUT2D eigenvalue weighted by atomic mass is 16.5. The van der Waals surface area contributed by atoms with Crippen LogP contribution >= 0.6 is 0 Å². The van der Waals surface area contributed by atoms with Crippen molar-refractivity contribution in [2.75, 3.05) is 13.2 Å². The Balaban J connectivity index is 1.61. The van der Waals surface area contributed by atoms with E-state index in [4.69, 9.17) is 9.84 Å². The quantitative estimate of drug-likeness (QED) is 0.844. The first-order valence-corrected chi connectivity index (χ1v) is 6.44. The number of rotatable bonds is 5. The zero-order chi connectivity index (χ0) is 13.1. The number of aliphatic hydroxyl groups excluding tert-OH is 1. The summed E-state index contributed by atoms with van der Waals surface area (Å²) in [5.41, 5.74) is 2.32. The van der Waals surface area contributed by atoms with Crippen LogP contribution in [0.25, 0.3) is 0 Å². The minimum absolute atomic E-state index is 0.110. The van der Waals surface area contributed by atoms with Crippen LogP contribution in [0.2, 0.25) is 0 Å². The monoisotopic (exact) mass is 259 g/mol. The lowest BCUT2D eigenvalue weighted by Crippen LogP contribution is -2.21. The van der Waals surface area contributed by atoms with Crippen molar-refractivity contribution in [3.8, 4) is 5.75 Å². The topological polar surface area (TPSA) is 59.3 Å². The van der Waals surface area contributed by atoms with Gasteiger partial charge in [-0.1, -0.05) is 18.2 Å². The third-order valence-electron chi connectivity index (χ3n) is 3.27. The molecule has 19 heavy (non-hydrogen) atoms. The number of hydrogen-bond acceptors (Lipinski definition) is 4. The molecule has 3 rings (SSSR count). The SMILES string of the molecule is OCCn1cc(CNC2COc3ccccc32)cn1. The highest BCUT2D eigenvalue weighted by molar-refractivity contribution is 5.39. The Kier molecular flexibility index (Phi) is 3.48. The van der Waals surface area contributed by atoms with E-state index in [0.717, 1.165) is 17.9 Å². The number of hydrogen-bond donors (Lipinski definition) is 2. The van der Waals surface area contributed by atoms with E-state index in [1.807, 2.05) is 30.6 Å². The smallest absolute Gasteiger partial charge is 0.124 e. The van der Waals surface area contributed by atoms with Crippen LogP contribution in [-0.4, -0.2) is 28.1 Å². The fraction of sp³-hybridized carbons (Fsp3) is 0.357. The molecule has 1 atom stereocenters. The average Bonchev–Trinajstić information content (AvgIpc) is 3.04. The Morgan fingerprint density at radius 3 is 3.21 bits per heavy atom. The number of ether oxygens (including phenoxy) is 1. The second kappa shape index (κ2) is 5.42.